The lowest BCUT2D eigenvalue weighted by Crippen LogP contribution is -2.19. The number of nitrogens with one attached hydrogen (secondary N) is 1. The fraction of sp³-hybridized carbons (Fsp3) is 0.400. The first-order valence-electron chi connectivity index (χ1n) is 2.73. The number of hydrogen-bond acceptors (Lipinski definition) is 4. The maximum atomic E-state index is 5.58. The van der Waals surface area contributed by atoms with Gasteiger partial charge in [0, 0.05) is 19.5 Å². The number of rotatable bonds is 2. The minimum absolute atomic E-state index is 0.536. The predicted octanol–water partition coefficient (Wildman–Crippen LogP) is 1.68. The van der Waals surface area contributed by atoms with E-state index in [-0.39, 0.29) is 0 Å². The van der Waals surface area contributed by atoms with E-state index in [0.29, 0.717) is 5.15 Å². The lowest BCUT2D eigenvalue weighted by molar-refractivity contribution is 0.495. The van der Waals surface area contributed by atoms with Gasteiger partial charge in [0.1, 0.15) is 5.15 Å². The van der Waals surface area contributed by atoms with E-state index < -0.39 is 0 Å². The average Bonchev–Trinajstić information content (AvgIpc) is 2.13. The van der Waals surface area contributed by atoms with Crippen LogP contribution in [0, 0.1) is 0 Å². The second kappa shape index (κ2) is 3.18. The smallest absolute Gasteiger partial charge is 0.198 e. The minimum Gasteiger partial charge on any atom is -0.295 e. The molecule has 0 saturated heterocycles. The van der Waals surface area contributed by atoms with Crippen molar-refractivity contribution in [3.8, 4) is 0 Å². The first kappa shape index (κ1) is 7.78. The molecule has 0 atom stereocenters. The number of hydrogen-bond donors (Lipinski definition) is 1. The zero-order valence-electron chi connectivity index (χ0n) is 5.76. The monoisotopic (exact) mass is 177 g/mol. The second-order valence-electron chi connectivity index (χ2n) is 1.98. The SMILES string of the molecule is CN(C)Nc1nc(Cl)cs1. The van der Waals surface area contributed by atoms with Crippen molar-refractivity contribution < 1.29 is 0 Å². The van der Waals surface area contributed by atoms with Gasteiger partial charge in [0.05, 0.1) is 0 Å². The molecule has 5 heteroatoms. The van der Waals surface area contributed by atoms with Crippen LogP contribution in [0.5, 0.6) is 0 Å². The summed E-state index contributed by atoms with van der Waals surface area (Å²) < 4.78 is 0. The van der Waals surface area contributed by atoms with Gasteiger partial charge in [-0.2, -0.15) is 0 Å². The van der Waals surface area contributed by atoms with Crippen molar-refractivity contribution >= 4 is 28.1 Å². The second-order valence-corrected chi connectivity index (χ2v) is 3.23. The summed E-state index contributed by atoms with van der Waals surface area (Å²) in [6.07, 6.45) is 0. The maximum Gasteiger partial charge on any atom is 0.198 e. The van der Waals surface area contributed by atoms with Crippen LogP contribution in [-0.4, -0.2) is 24.1 Å². The van der Waals surface area contributed by atoms with Crippen molar-refractivity contribution in [2.24, 2.45) is 0 Å². The molecule has 1 heterocycles. The Morgan fingerprint density at radius 2 is 2.40 bits per heavy atom. The first-order chi connectivity index (χ1) is 4.68. The zero-order chi connectivity index (χ0) is 7.56. The highest BCUT2D eigenvalue weighted by Crippen LogP contribution is 2.18. The lowest BCUT2D eigenvalue weighted by Gasteiger charge is -2.08. The van der Waals surface area contributed by atoms with Gasteiger partial charge in [-0.15, -0.1) is 11.3 Å². The number of anilines is 1. The Morgan fingerprint density at radius 3 is 2.80 bits per heavy atom. The Bertz CT molecular complexity index is 210. The molecule has 3 nitrogen and oxygen atoms in total. The van der Waals surface area contributed by atoms with Crippen LogP contribution in [0.1, 0.15) is 0 Å². The Labute approximate surface area is 68.6 Å². The van der Waals surface area contributed by atoms with E-state index in [0.717, 1.165) is 5.13 Å². The highest BCUT2D eigenvalue weighted by atomic mass is 35.5. The summed E-state index contributed by atoms with van der Waals surface area (Å²) in [5.41, 5.74) is 2.98. The molecule has 1 aromatic rings. The third-order valence-corrected chi connectivity index (χ3v) is 1.87. The molecule has 0 aliphatic heterocycles. The molecule has 0 bridgehead atoms. The van der Waals surface area contributed by atoms with Gasteiger partial charge in [-0.1, -0.05) is 11.6 Å². The van der Waals surface area contributed by atoms with Crippen molar-refractivity contribution in [1.29, 1.82) is 0 Å². The molecule has 1 rings (SSSR count). The summed E-state index contributed by atoms with van der Waals surface area (Å²) in [6.45, 7) is 0. The third kappa shape index (κ3) is 2.13. The molecule has 0 aliphatic carbocycles. The summed E-state index contributed by atoms with van der Waals surface area (Å²) in [5, 5.41) is 4.95. The summed E-state index contributed by atoms with van der Waals surface area (Å²) in [7, 11) is 3.80. The van der Waals surface area contributed by atoms with Gasteiger partial charge in [-0.05, 0) is 0 Å². The molecule has 0 fully saturated rings. The van der Waals surface area contributed by atoms with E-state index in [4.69, 9.17) is 11.6 Å². The Balaban J connectivity index is 2.58. The molecule has 0 aliphatic rings. The van der Waals surface area contributed by atoms with Gasteiger partial charge in [-0.25, -0.2) is 9.99 Å². The van der Waals surface area contributed by atoms with E-state index >= 15 is 0 Å². The van der Waals surface area contributed by atoms with Crippen LogP contribution in [-0.2, 0) is 0 Å². The van der Waals surface area contributed by atoms with E-state index in [1.807, 2.05) is 19.1 Å². The minimum atomic E-state index is 0.536. The van der Waals surface area contributed by atoms with Crippen LogP contribution in [0.25, 0.3) is 0 Å². The molecule has 1 aromatic heterocycles. The number of hydrazine groups is 1. The van der Waals surface area contributed by atoms with Gasteiger partial charge in [0.2, 0.25) is 0 Å². The zero-order valence-corrected chi connectivity index (χ0v) is 7.33. The lowest BCUT2D eigenvalue weighted by atomic mass is 11.0. The molecule has 10 heavy (non-hydrogen) atoms. The first-order valence-corrected chi connectivity index (χ1v) is 3.99. The van der Waals surface area contributed by atoms with Crippen LogP contribution in [0.3, 0.4) is 0 Å². The van der Waals surface area contributed by atoms with Crippen molar-refractivity contribution in [3.63, 3.8) is 0 Å². The van der Waals surface area contributed by atoms with Crippen LogP contribution >= 0.6 is 22.9 Å². The molecule has 0 amide bonds. The number of thiazole rings is 1. The molecule has 1 N–H and O–H groups in total. The summed E-state index contributed by atoms with van der Waals surface area (Å²) in [5.74, 6) is 0. The van der Waals surface area contributed by atoms with Crippen molar-refractivity contribution in [2.45, 2.75) is 0 Å². The van der Waals surface area contributed by atoms with E-state index in [1.165, 1.54) is 11.3 Å². The van der Waals surface area contributed by atoms with Gasteiger partial charge in [0.15, 0.2) is 5.13 Å². The predicted molar refractivity (Wildman–Crippen MR) is 44.4 cm³/mol. The molecule has 0 aromatic carbocycles. The van der Waals surface area contributed by atoms with Crippen LogP contribution in [0.4, 0.5) is 5.13 Å². The van der Waals surface area contributed by atoms with Crippen molar-refractivity contribution in [1.82, 2.24) is 9.99 Å². The summed E-state index contributed by atoms with van der Waals surface area (Å²) >= 11 is 7.07. The fourth-order valence-corrected chi connectivity index (χ4v) is 1.41. The van der Waals surface area contributed by atoms with E-state index in [2.05, 4.69) is 10.4 Å². The Hall–Kier alpha value is -0.320. The van der Waals surface area contributed by atoms with Crippen molar-refractivity contribution in [3.05, 3.63) is 10.5 Å². The molecular formula is C5H8ClN3S. The highest BCUT2D eigenvalue weighted by molar-refractivity contribution is 7.14. The number of aromatic nitrogens is 1. The van der Waals surface area contributed by atoms with Crippen LogP contribution in [0.2, 0.25) is 5.15 Å². The maximum absolute atomic E-state index is 5.58. The quantitative estimate of drug-likeness (QED) is 0.697. The van der Waals surface area contributed by atoms with Gasteiger partial charge < -0.3 is 0 Å². The molecule has 56 valence electrons. The van der Waals surface area contributed by atoms with Gasteiger partial charge in [0.25, 0.3) is 0 Å². The summed E-state index contributed by atoms with van der Waals surface area (Å²) in [4.78, 5) is 3.98. The van der Waals surface area contributed by atoms with Crippen molar-refractivity contribution in [2.75, 3.05) is 19.5 Å². The summed E-state index contributed by atoms with van der Waals surface area (Å²) in [6, 6.07) is 0. The van der Waals surface area contributed by atoms with Crippen LogP contribution < -0.4 is 5.43 Å². The third-order valence-electron chi connectivity index (χ3n) is 0.795. The molecule has 0 saturated carbocycles. The fourth-order valence-electron chi connectivity index (χ4n) is 0.497. The van der Waals surface area contributed by atoms with E-state index in [1.54, 1.807) is 5.38 Å². The Kier molecular flexibility index (Phi) is 2.48. The molecular weight excluding hydrogens is 170 g/mol. The van der Waals surface area contributed by atoms with Gasteiger partial charge >= 0.3 is 0 Å². The molecule has 0 radical (unpaired) electrons. The highest BCUT2D eigenvalue weighted by Gasteiger charge is 1.97. The molecule has 0 spiro atoms. The van der Waals surface area contributed by atoms with Gasteiger partial charge in [-0.3, -0.25) is 5.43 Å². The standard InChI is InChI=1S/C5H8ClN3S/c1-9(2)8-5-7-4(6)3-10-5/h3H,1-2H3,(H,7,8). The number of nitrogens with zero attached hydrogens (tertiary/aromatic N) is 2. The average molecular weight is 178 g/mol. The number of halogens is 1. The topological polar surface area (TPSA) is 28.2 Å². The van der Waals surface area contributed by atoms with Crippen LogP contribution in [0.15, 0.2) is 5.38 Å². The largest absolute Gasteiger partial charge is 0.295 e. The normalized spacial score (nSPS) is 10.4. The molecule has 0 unspecified atom stereocenters. The van der Waals surface area contributed by atoms with E-state index in [9.17, 15) is 0 Å². The Morgan fingerprint density at radius 1 is 1.70 bits per heavy atom.